The van der Waals surface area contributed by atoms with Gasteiger partial charge in [0.2, 0.25) is 0 Å². The van der Waals surface area contributed by atoms with Gasteiger partial charge in [0, 0.05) is 12.6 Å². The summed E-state index contributed by atoms with van der Waals surface area (Å²) in [7, 11) is 3.71. The van der Waals surface area contributed by atoms with E-state index in [9.17, 15) is 0 Å². The van der Waals surface area contributed by atoms with Crippen LogP contribution in [0.2, 0.25) is 0 Å². The highest BCUT2D eigenvalue weighted by molar-refractivity contribution is 7.47. The molecule has 0 radical (unpaired) electrons. The monoisotopic (exact) mass is 190 g/mol. The molecule has 3 nitrogen and oxygen atoms in total. The lowest BCUT2D eigenvalue weighted by molar-refractivity contribution is 0.200. The lowest BCUT2D eigenvalue weighted by Gasteiger charge is -2.40. The predicted molar refractivity (Wildman–Crippen MR) is 53.0 cm³/mol. The molecule has 1 atom stereocenters. The molecule has 0 aromatic heterocycles. The molecule has 12 heavy (non-hydrogen) atoms. The topological polar surface area (TPSA) is 15.7 Å². The number of nitrogens with zero attached hydrogens (tertiary/aromatic N) is 2. The number of hydrogen-bond acceptors (Lipinski definition) is 3. The van der Waals surface area contributed by atoms with Crippen molar-refractivity contribution in [1.82, 2.24) is 9.34 Å². The summed E-state index contributed by atoms with van der Waals surface area (Å²) in [6.07, 6.45) is 1.17. The first-order valence-electron chi connectivity index (χ1n) is 4.49. The van der Waals surface area contributed by atoms with Crippen LogP contribution in [0.4, 0.5) is 0 Å². The number of hydrogen-bond donors (Lipinski definition) is 0. The van der Waals surface area contributed by atoms with Crippen molar-refractivity contribution in [2.24, 2.45) is 0 Å². The van der Waals surface area contributed by atoms with E-state index >= 15 is 0 Å². The van der Waals surface area contributed by atoms with Crippen LogP contribution in [-0.2, 0) is 4.52 Å². The van der Waals surface area contributed by atoms with E-state index in [-0.39, 0.29) is 0 Å². The van der Waals surface area contributed by atoms with Gasteiger partial charge in [0.25, 0.3) is 0 Å². The summed E-state index contributed by atoms with van der Waals surface area (Å²) in [6, 6.07) is 0.596. The SMILES string of the molecule is CC(C)N1CCCOP1N(C)C. The van der Waals surface area contributed by atoms with Crippen LogP contribution in [-0.4, -0.2) is 42.6 Å². The minimum atomic E-state index is -0.467. The molecule has 1 saturated heterocycles. The van der Waals surface area contributed by atoms with Crippen molar-refractivity contribution in [3.63, 3.8) is 0 Å². The zero-order chi connectivity index (χ0) is 9.14. The molecule has 4 heteroatoms. The van der Waals surface area contributed by atoms with Crippen LogP contribution in [0.15, 0.2) is 0 Å². The van der Waals surface area contributed by atoms with Crippen molar-refractivity contribution < 1.29 is 4.52 Å². The maximum Gasteiger partial charge on any atom is 0.187 e. The van der Waals surface area contributed by atoms with Gasteiger partial charge in [-0.25, -0.2) is 4.67 Å². The van der Waals surface area contributed by atoms with Gasteiger partial charge in [-0.05, 0) is 34.4 Å². The third-order valence-electron chi connectivity index (χ3n) is 1.90. The van der Waals surface area contributed by atoms with Gasteiger partial charge in [-0.1, -0.05) is 0 Å². The lowest BCUT2D eigenvalue weighted by Crippen LogP contribution is -2.35. The van der Waals surface area contributed by atoms with Crippen molar-refractivity contribution in [2.75, 3.05) is 27.2 Å². The van der Waals surface area contributed by atoms with Crippen LogP contribution in [0, 0.1) is 0 Å². The van der Waals surface area contributed by atoms with E-state index in [1.165, 1.54) is 13.0 Å². The van der Waals surface area contributed by atoms with Crippen molar-refractivity contribution in [1.29, 1.82) is 0 Å². The molecule has 0 N–H and O–H groups in total. The molecule has 0 saturated carbocycles. The van der Waals surface area contributed by atoms with Crippen molar-refractivity contribution in [3.05, 3.63) is 0 Å². The molecule has 1 heterocycles. The molecular formula is C8H19N2OP. The first kappa shape index (κ1) is 10.4. The molecule has 0 aliphatic carbocycles. The van der Waals surface area contributed by atoms with E-state index in [1.54, 1.807) is 0 Å². The van der Waals surface area contributed by atoms with Gasteiger partial charge in [0.05, 0.1) is 6.61 Å². The quantitative estimate of drug-likeness (QED) is 0.618. The molecule has 1 rings (SSSR count). The second-order valence-electron chi connectivity index (χ2n) is 3.54. The molecule has 1 unspecified atom stereocenters. The van der Waals surface area contributed by atoms with Crippen LogP contribution in [0.3, 0.4) is 0 Å². The smallest absolute Gasteiger partial charge is 0.187 e. The van der Waals surface area contributed by atoms with Gasteiger partial charge in [0.1, 0.15) is 0 Å². The zero-order valence-corrected chi connectivity index (χ0v) is 9.34. The van der Waals surface area contributed by atoms with Gasteiger partial charge in [-0.15, -0.1) is 0 Å². The fourth-order valence-electron chi connectivity index (χ4n) is 1.33. The van der Waals surface area contributed by atoms with E-state index in [1.807, 2.05) is 0 Å². The molecule has 0 aromatic rings. The highest BCUT2D eigenvalue weighted by Gasteiger charge is 2.27. The molecule has 0 bridgehead atoms. The average molecular weight is 190 g/mol. The minimum Gasteiger partial charge on any atom is -0.331 e. The first-order valence-corrected chi connectivity index (χ1v) is 5.66. The van der Waals surface area contributed by atoms with Gasteiger partial charge in [0.15, 0.2) is 8.45 Å². The van der Waals surface area contributed by atoms with Gasteiger partial charge in [-0.3, -0.25) is 4.67 Å². The standard InChI is InChI=1S/C8H19N2OP/c1-8(2)10-6-5-7-11-12(10)9(3)4/h8H,5-7H2,1-4H3. The molecule has 1 aliphatic rings. The summed E-state index contributed by atoms with van der Waals surface area (Å²) >= 11 is 0. The van der Waals surface area contributed by atoms with Gasteiger partial charge in [-0.2, -0.15) is 0 Å². The Labute approximate surface area is 76.6 Å². The van der Waals surface area contributed by atoms with E-state index in [0.717, 1.165) is 6.61 Å². The van der Waals surface area contributed by atoms with Crippen molar-refractivity contribution in [3.8, 4) is 0 Å². The van der Waals surface area contributed by atoms with E-state index < -0.39 is 8.45 Å². The Balaban J connectivity index is 2.54. The van der Waals surface area contributed by atoms with Crippen LogP contribution < -0.4 is 0 Å². The van der Waals surface area contributed by atoms with Gasteiger partial charge >= 0.3 is 0 Å². The summed E-state index contributed by atoms with van der Waals surface area (Å²) in [5, 5.41) is 0. The molecule has 1 fully saturated rings. The van der Waals surface area contributed by atoms with Crippen molar-refractivity contribution in [2.45, 2.75) is 26.3 Å². The van der Waals surface area contributed by atoms with Crippen molar-refractivity contribution >= 4 is 8.45 Å². The second-order valence-corrected chi connectivity index (χ2v) is 5.62. The Kier molecular flexibility index (Phi) is 3.91. The average Bonchev–Trinajstić information content (AvgIpc) is 2.04. The van der Waals surface area contributed by atoms with E-state index in [4.69, 9.17) is 4.52 Å². The maximum atomic E-state index is 5.73. The normalized spacial score (nSPS) is 27.0. The molecular weight excluding hydrogens is 171 g/mol. The molecule has 0 spiro atoms. The lowest BCUT2D eigenvalue weighted by atomic mass is 10.3. The van der Waals surface area contributed by atoms with E-state index in [0.29, 0.717) is 6.04 Å². The third kappa shape index (κ3) is 2.40. The Hall–Kier alpha value is 0.310. The van der Waals surface area contributed by atoms with Crippen LogP contribution >= 0.6 is 8.45 Å². The summed E-state index contributed by atoms with van der Waals surface area (Å²) < 4.78 is 10.4. The molecule has 1 aliphatic heterocycles. The number of rotatable bonds is 2. The Morgan fingerprint density at radius 2 is 2.08 bits per heavy atom. The summed E-state index contributed by atoms with van der Waals surface area (Å²) in [5.41, 5.74) is 0. The molecule has 0 aromatic carbocycles. The summed E-state index contributed by atoms with van der Waals surface area (Å²) in [5.74, 6) is 0. The van der Waals surface area contributed by atoms with Crippen LogP contribution in [0.5, 0.6) is 0 Å². The molecule has 72 valence electrons. The third-order valence-corrected chi connectivity index (χ3v) is 4.10. The molecule has 0 amide bonds. The predicted octanol–water partition coefficient (Wildman–Crippen LogP) is 1.91. The second kappa shape index (κ2) is 4.52. The minimum absolute atomic E-state index is 0.467. The Morgan fingerprint density at radius 3 is 2.50 bits per heavy atom. The van der Waals surface area contributed by atoms with Crippen LogP contribution in [0.25, 0.3) is 0 Å². The van der Waals surface area contributed by atoms with E-state index in [2.05, 4.69) is 37.3 Å². The Morgan fingerprint density at radius 1 is 1.42 bits per heavy atom. The maximum absolute atomic E-state index is 5.73. The summed E-state index contributed by atoms with van der Waals surface area (Å²) in [4.78, 5) is 0. The highest BCUT2D eigenvalue weighted by Crippen LogP contribution is 2.47. The van der Waals surface area contributed by atoms with Gasteiger partial charge < -0.3 is 4.52 Å². The highest BCUT2D eigenvalue weighted by atomic mass is 31.2. The fraction of sp³-hybridized carbons (Fsp3) is 1.00. The Bertz CT molecular complexity index is 125. The largest absolute Gasteiger partial charge is 0.331 e. The zero-order valence-electron chi connectivity index (χ0n) is 8.45. The fourth-order valence-corrected chi connectivity index (χ4v) is 3.17. The first-order chi connectivity index (χ1) is 5.63. The van der Waals surface area contributed by atoms with Crippen LogP contribution in [0.1, 0.15) is 20.3 Å². The summed E-state index contributed by atoms with van der Waals surface area (Å²) in [6.45, 7) is 6.57.